The Balaban J connectivity index is 1.75. The molecule has 2 amide bonds. The van der Waals surface area contributed by atoms with Gasteiger partial charge in [0.15, 0.2) is 0 Å². The normalized spacial score (nSPS) is 16.7. The van der Waals surface area contributed by atoms with Crippen LogP contribution in [-0.2, 0) is 14.8 Å². The van der Waals surface area contributed by atoms with Crippen LogP contribution in [0.15, 0.2) is 47.4 Å². The molecule has 1 atom stereocenters. The second kappa shape index (κ2) is 9.73. The fourth-order valence-corrected chi connectivity index (χ4v) is 5.26. The molecule has 0 aromatic heterocycles. The van der Waals surface area contributed by atoms with Gasteiger partial charge in [-0.15, -0.1) is 0 Å². The maximum absolute atomic E-state index is 13.1. The summed E-state index contributed by atoms with van der Waals surface area (Å²) in [5.41, 5.74) is 2.34. The van der Waals surface area contributed by atoms with E-state index in [9.17, 15) is 18.0 Å². The van der Waals surface area contributed by atoms with Gasteiger partial charge in [-0.25, -0.2) is 8.42 Å². The summed E-state index contributed by atoms with van der Waals surface area (Å²) in [5, 5.41) is 2.92. The van der Waals surface area contributed by atoms with E-state index in [2.05, 4.69) is 10.0 Å². The van der Waals surface area contributed by atoms with Gasteiger partial charge in [-0.1, -0.05) is 23.8 Å². The lowest BCUT2D eigenvalue weighted by atomic mass is 9.96. The van der Waals surface area contributed by atoms with Gasteiger partial charge >= 0.3 is 0 Å². The number of carbonyl (C=O) groups is 2. The van der Waals surface area contributed by atoms with Crippen LogP contribution in [-0.4, -0.2) is 44.3 Å². The van der Waals surface area contributed by atoms with Gasteiger partial charge < -0.3 is 10.2 Å². The summed E-state index contributed by atoms with van der Waals surface area (Å²) < 4.78 is 28.3. The monoisotopic (exact) mass is 457 g/mol. The molecule has 3 rings (SSSR count). The smallest absolute Gasteiger partial charge is 0.262 e. The number of piperidine rings is 1. The molecule has 0 bridgehead atoms. The Labute approximate surface area is 190 Å². The standard InChI is InChI=1S/C24H31N3O4S/c1-16(2)25-23(28)20-8-6-12-27(15-20)24(29)19-7-5-9-21(14-19)26-32(30,31)22-11-10-17(3)13-18(22)4/h5,7,9-11,13-14,16,20,26H,6,8,12,15H2,1-4H3,(H,25,28). The lowest BCUT2D eigenvalue weighted by Crippen LogP contribution is -2.46. The number of amides is 2. The van der Waals surface area contributed by atoms with Crippen molar-refractivity contribution in [2.45, 2.75) is 51.5 Å². The van der Waals surface area contributed by atoms with Gasteiger partial charge in [0.05, 0.1) is 10.8 Å². The molecule has 32 heavy (non-hydrogen) atoms. The van der Waals surface area contributed by atoms with Crippen LogP contribution in [0.3, 0.4) is 0 Å². The summed E-state index contributed by atoms with van der Waals surface area (Å²) in [5.74, 6) is -0.478. The third kappa shape index (κ3) is 5.68. The van der Waals surface area contributed by atoms with Gasteiger partial charge in [-0.3, -0.25) is 14.3 Å². The fourth-order valence-electron chi connectivity index (χ4n) is 3.99. The Bertz CT molecular complexity index is 1110. The molecule has 2 aromatic rings. The molecule has 0 aliphatic carbocycles. The van der Waals surface area contributed by atoms with Crippen LogP contribution < -0.4 is 10.0 Å². The molecule has 1 saturated heterocycles. The third-order valence-electron chi connectivity index (χ3n) is 5.49. The average Bonchev–Trinajstić information content (AvgIpc) is 2.72. The van der Waals surface area contributed by atoms with E-state index in [-0.39, 0.29) is 28.7 Å². The molecule has 1 unspecified atom stereocenters. The van der Waals surface area contributed by atoms with Crippen molar-refractivity contribution < 1.29 is 18.0 Å². The number of nitrogens with zero attached hydrogens (tertiary/aromatic N) is 1. The Morgan fingerprint density at radius 3 is 2.53 bits per heavy atom. The summed E-state index contributed by atoms with van der Waals surface area (Å²) >= 11 is 0. The van der Waals surface area contributed by atoms with E-state index in [1.165, 1.54) is 0 Å². The van der Waals surface area contributed by atoms with E-state index in [1.807, 2.05) is 26.8 Å². The number of likely N-dealkylation sites (tertiary alicyclic amines) is 1. The zero-order chi connectivity index (χ0) is 23.5. The minimum Gasteiger partial charge on any atom is -0.354 e. The van der Waals surface area contributed by atoms with Crippen molar-refractivity contribution >= 4 is 27.5 Å². The highest BCUT2D eigenvalue weighted by atomic mass is 32.2. The van der Waals surface area contributed by atoms with Crippen LogP contribution >= 0.6 is 0 Å². The Kier molecular flexibility index (Phi) is 7.23. The van der Waals surface area contributed by atoms with E-state index >= 15 is 0 Å². The van der Waals surface area contributed by atoms with E-state index in [0.29, 0.717) is 29.9 Å². The molecule has 1 aliphatic heterocycles. The highest BCUT2D eigenvalue weighted by molar-refractivity contribution is 7.92. The number of benzene rings is 2. The van der Waals surface area contributed by atoms with E-state index in [4.69, 9.17) is 0 Å². The van der Waals surface area contributed by atoms with Gasteiger partial charge in [0.25, 0.3) is 15.9 Å². The third-order valence-corrected chi connectivity index (χ3v) is 7.03. The van der Waals surface area contributed by atoms with E-state index < -0.39 is 10.0 Å². The minimum atomic E-state index is -3.79. The van der Waals surface area contributed by atoms with Gasteiger partial charge in [0.1, 0.15) is 0 Å². The first kappa shape index (κ1) is 23.8. The summed E-state index contributed by atoms with van der Waals surface area (Å²) in [6, 6.07) is 11.7. The molecule has 1 heterocycles. The quantitative estimate of drug-likeness (QED) is 0.694. The summed E-state index contributed by atoms with van der Waals surface area (Å²) in [4.78, 5) is 27.3. The van der Waals surface area contributed by atoms with Crippen molar-refractivity contribution in [2.24, 2.45) is 5.92 Å². The van der Waals surface area contributed by atoms with Crippen molar-refractivity contribution in [1.29, 1.82) is 0 Å². The molecular formula is C24H31N3O4S. The van der Waals surface area contributed by atoms with Crippen molar-refractivity contribution in [3.63, 3.8) is 0 Å². The minimum absolute atomic E-state index is 0.0347. The second-order valence-electron chi connectivity index (χ2n) is 8.71. The molecule has 1 fully saturated rings. The summed E-state index contributed by atoms with van der Waals surface area (Å²) in [6.07, 6.45) is 1.50. The van der Waals surface area contributed by atoms with Gasteiger partial charge in [0.2, 0.25) is 5.91 Å². The Morgan fingerprint density at radius 2 is 1.84 bits per heavy atom. The molecule has 1 aliphatic rings. The predicted octanol–water partition coefficient (Wildman–Crippen LogP) is 3.48. The number of anilines is 1. The first-order valence-corrected chi connectivity index (χ1v) is 12.3. The zero-order valence-corrected chi connectivity index (χ0v) is 19.8. The highest BCUT2D eigenvalue weighted by Gasteiger charge is 2.29. The Morgan fingerprint density at radius 1 is 1.09 bits per heavy atom. The maximum Gasteiger partial charge on any atom is 0.262 e. The van der Waals surface area contributed by atoms with Crippen LogP contribution in [0.4, 0.5) is 5.69 Å². The second-order valence-corrected chi connectivity index (χ2v) is 10.4. The number of sulfonamides is 1. The zero-order valence-electron chi connectivity index (χ0n) is 19.0. The molecule has 0 spiro atoms. The topological polar surface area (TPSA) is 95.6 Å². The van der Waals surface area contributed by atoms with Crippen LogP contribution in [0.5, 0.6) is 0 Å². The first-order chi connectivity index (χ1) is 15.1. The molecule has 2 N–H and O–H groups in total. The molecule has 0 radical (unpaired) electrons. The molecule has 172 valence electrons. The number of hydrogen-bond acceptors (Lipinski definition) is 4. The first-order valence-electron chi connectivity index (χ1n) is 10.9. The highest BCUT2D eigenvalue weighted by Crippen LogP contribution is 2.23. The van der Waals surface area contributed by atoms with Crippen LogP contribution in [0.2, 0.25) is 0 Å². The average molecular weight is 458 g/mol. The molecular weight excluding hydrogens is 426 g/mol. The largest absolute Gasteiger partial charge is 0.354 e. The number of hydrogen-bond donors (Lipinski definition) is 2. The molecule has 2 aromatic carbocycles. The van der Waals surface area contributed by atoms with Crippen molar-refractivity contribution in [1.82, 2.24) is 10.2 Å². The number of rotatable bonds is 6. The molecule has 0 saturated carbocycles. The summed E-state index contributed by atoms with van der Waals surface area (Å²) in [7, 11) is -3.79. The van der Waals surface area contributed by atoms with E-state index in [1.54, 1.807) is 48.2 Å². The van der Waals surface area contributed by atoms with E-state index in [0.717, 1.165) is 18.4 Å². The van der Waals surface area contributed by atoms with Crippen LogP contribution in [0.1, 0.15) is 48.2 Å². The van der Waals surface area contributed by atoms with Gasteiger partial charge in [0, 0.05) is 30.4 Å². The van der Waals surface area contributed by atoms with Crippen molar-refractivity contribution in [3.8, 4) is 0 Å². The van der Waals surface area contributed by atoms with Crippen LogP contribution in [0.25, 0.3) is 0 Å². The number of nitrogens with one attached hydrogen (secondary N) is 2. The van der Waals surface area contributed by atoms with Crippen molar-refractivity contribution in [2.75, 3.05) is 17.8 Å². The number of carbonyl (C=O) groups excluding carboxylic acids is 2. The molecule has 8 heteroatoms. The fraction of sp³-hybridized carbons (Fsp3) is 0.417. The van der Waals surface area contributed by atoms with Crippen LogP contribution in [0, 0.1) is 19.8 Å². The van der Waals surface area contributed by atoms with Crippen molar-refractivity contribution in [3.05, 3.63) is 59.2 Å². The maximum atomic E-state index is 13.1. The SMILES string of the molecule is Cc1ccc(S(=O)(=O)Nc2cccc(C(=O)N3CCCC(C(=O)NC(C)C)C3)c2)c(C)c1. The molecule has 7 nitrogen and oxygen atoms in total. The van der Waals surface area contributed by atoms with Gasteiger partial charge in [-0.05, 0) is 70.4 Å². The predicted molar refractivity (Wildman–Crippen MR) is 125 cm³/mol. The summed E-state index contributed by atoms with van der Waals surface area (Å²) in [6.45, 7) is 8.41. The van der Waals surface area contributed by atoms with Gasteiger partial charge in [-0.2, -0.15) is 0 Å². The lowest BCUT2D eigenvalue weighted by Gasteiger charge is -2.32. The Hall–Kier alpha value is -2.87. The lowest BCUT2D eigenvalue weighted by molar-refractivity contribution is -0.126. The number of aryl methyl sites for hydroxylation is 2.